The van der Waals surface area contributed by atoms with E-state index in [0.29, 0.717) is 5.82 Å². The zero-order chi connectivity index (χ0) is 13.1. The van der Waals surface area contributed by atoms with Gasteiger partial charge < -0.3 is 9.73 Å². The Bertz CT molecular complexity index is 551. The van der Waals surface area contributed by atoms with Crippen LogP contribution in [0.15, 0.2) is 21.2 Å². The van der Waals surface area contributed by atoms with Crippen molar-refractivity contribution in [3.63, 3.8) is 0 Å². The summed E-state index contributed by atoms with van der Waals surface area (Å²) >= 11 is 3.55. The topological polar surface area (TPSA) is 51.0 Å². The Balaban J connectivity index is 2.55. The molecule has 0 radical (unpaired) electrons. The van der Waals surface area contributed by atoms with Crippen LogP contribution in [0.25, 0.3) is 11.4 Å². The summed E-state index contributed by atoms with van der Waals surface area (Å²) in [5.74, 6) is 2.37. The molecule has 2 heterocycles. The minimum atomic E-state index is 0.706. The summed E-state index contributed by atoms with van der Waals surface area (Å²) in [6.07, 6.45) is 2.51. The third-order valence-corrected chi connectivity index (χ3v) is 3.53. The van der Waals surface area contributed by atoms with Gasteiger partial charge in [0, 0.05) is 6.54 Å². The van der Waals surface area contributed by atoms with E-state index in [-0.39, 0.29) is 0 Å². The van der Waals surface area contributed by atoms with Crippen LogP contribution in [0.5, 0.6) is 0 Å². The zero-order valence-electron chi connectivity index (χ0n) is 10.7. The quantitative estimate of drug-likeness (QED) is 0.933. The Labute approximate surface area is 115 Å². The molecule has 2 aromatic rings. The summed E-state index contributed by atoms with van der Waals surface area (Å²) in [6.45, 7) is 6.86. The van der Waals surface area contributed by atoms with Gasteiger partial charge >= 0.3 is 0 Å². The molecule has 0 saturated heterocycles. The van der Waals surface area contributed by atoms with Crippen LogP contribution in [0.3, 0.4) is 0 Å². The van der Waals surface area contributed by atoms with Crippen LogP contribution in [0, 0.1) is 6.92 Å². The maximum Gasteiger partial charge on any atom is 0.165 e. The van der Waals surface area contributed by atoms with Gasteiger partial charge in [0.2, 0.25) is 0 Å². The SMILES string of the molecule is CCNc1nc(-c2ccoc2C)nc(CC)c1Br. The Morgan fingerprint density at radius 1 is 1.33 bits per heavy atom. The first-order valence-corrected chi connectivity index (χ1v) is 6.81. The van der Waals surface area contributed by atoms with Crippen molar-refractivity contribution < 1.29 is 4.42 Å². The summed E-state index contributed by atoms with van der Waals surface area (Å²) in [7, 11) is 0. The highest BCUT2D eigenvalue weighted by Crippen LogP contribution is 2.29. The summed E-state index contributed by atoms with van der Waals surface area (Å²) in [5, 5.41) is 3.24. The summed E-state index contributed by atoms with van der Waals surface area (Å²) < 4.78 is 6.25. The minimum absolute atomic E-state index is 0.706. The molecule has 0 atom stereocenters. The van der Waals surface area contributed by atoms with Crippen molar-refractivity contribution in [2.45, 2.75) is 27.2 Å². The van der Waals surface area contributed by atoms with Gasteiger partial charge in [-0.25, -0.2) is 9.97 Å². The molecule has 0 unspecified atom stereocenters. The highest BCUT2D eigenvalue weighted by molar-refractivity contribution is 9.10. The van der Waals surface area contributed by atoms with E-state index in [1.165, 1.54) is 0 Å². The van der Waals surface area contributed by atoms with E-state index in [4.69, 9.17) is 4.42 Å². The van der Waals surface area contributed by atoms with Crippen LogP contribution in [-0.4, -0.2) is 16.5 Å². The first-order valence-electron chi connectivity index (χ1n) is 6.02. The molecule has 2 aromatic heterocycles. The summed E-state index contributed by atoms with van der Waals surface area (Å²) in [6, 6.07) is 1.90. The Morgan fingerprint density at radius 3 is 2.67 bits per heavy atom. The number of aromatic nitrogens is 2. The molecular formula is C13H16BrN3O. The second kappa shape index (κ2) is 5.52. The maximum absolute atomic E-state index is 5.31. The van der Waals surface area contributed by atoms with Crippen LogP contribution >= 0.6 is 15.9 Å². The average molecular weight is 310 g/mol. The third kappa shape index (κ3) is 2.41. The van der Waals surface area contributed by atoms with Crippen molar-refractivity contribution in [2.24, 2.45) is 0 Å². The van der Waals surface area contributed by atoms with Gasteiger partial charge in [-0.1, -0.05) is 6.92 Å². The average Bonchev–Trinajstić information content (AvgIpc) is 2.78. The molecular weight excluding hydrogens is 294 g/mol. The molecule has 0 aliphatic carbocycles. The van der Waals surface area contributed by atoms with Crippen molar-refractivity contribution in [1.29, 1.82) is 0 Å². The lowest BCUT2D eigenvalue weighted by molar-refractivity contribution is 0.535. The number of anilines is 1. The second-order valence-corrected chi connectivity index (χ2v) is 4.72. The predicted octanol–water partition coefficient (Wildman–Crippen LogP) is 3.80. The van der Waals surface area contributed by atoms with Gasteiger partial charge in [0.25, 0.3) is 0 Å². The second-order valence-electron chi connectivity index (χ2n) is 3.93. The van der Waals surface area contributed by atoms with Gasteiger partial charge in [-0.15, -0.1) is 0 Å². The number of halogens is 1. The molecule has 1 N–H and O–H groups in total. The van der Waals surface area contributed by atoms with Gasteiger partial charge in [-0.05, 0) is 42.3 Å². The van der Waals surface area contributed by atoms with E-state index in [2.05, 4.69) is 38.1 Å². The van der Waals surface area contributed by atoms with Crippen molar-refractivity contribution in [3.05, 3.63) is 28.3 Å². The third-order valence-electron chi connectivity index (χ3n) is 2.70. The molecule has 0 saturated carbocycles. The molecule has 96 valence electrons. The number of nitrogens with one attached hydrogen (secondary N) is 1. The van der Waals surface area contributed by atoms with Gasteiger partial charge in [0.1, 0.15) is 11.6 Å². The Hall–Kier alpha value is -1.36. The number of aryl methyl sites for hydroxylation is 2. The highest BCUT2D eigenvalue weighted by atomic mass is 79.9. The molecule has 2 rings (SSSR count). The summed E-state index contributed by atoms with van der Waals surface area (Å²) in [4.78, 5) is 9.12. The lowest BCUT2D eigenvalue weighted by Gasteiger charge is -2.10. The van der Waals surface area contributed by atoms with Gasteiger partial charge in [-0.3, -0.25) is 0 Å². The minimum Gasteiger partial charge on any atom is -0.469 e. The number of hydrogen-bond donors (Lipinski definition) is 1. The zero-order valence-corrected chi connectivity index (χ0v) is 12.3. The lowest BCUT2D eigenvalue weighted by atomic mass is 10.2. The van der Waals surface area contributed by atoms with Crippen molar-refractivity contribution in [1.82, 2.24) is 9.97 Å². The van der Waals surface area contributed by atoms with Crippen LogP contribution in [-0.2, 0) is 6.42 Å². The number of hydrogen-bond acceptors (Lipinski definition) is 4. The highest BCUT2D eigenvalue weighted by Gasteiger charge is 2.14. The predicted molar refractivity (Wildman–Crippen MR) is 75.7 cm³/mol. The molecule has 0 amide bonds. The molecule has 5 heteroatoms. The van der Waals surface area contributed by atoms with Crippen LogP contribution in [0.1, 0.15) is 25.3 Å². The molecule has 0 fully saturated rings. The molecule has 18 heavy (non-hydrogen) atoms. The van der Waals surface area contributed by atoms with Crippen molar-refractivity contribution in [2.75, 3.05) is 11.9 Å². The number of furan rings is 1. The van der Waals surface area contributed by atoms with Crippen molar-refractivity contribution >= 4 is 21.7 Å². The van der Waals surface area contributed by atoms with E-state index in [0.717, 1.165) is 40.3 Å². The standard InChI is InChI=1S/C13H16BrN3O/c1-4-10-11(14)13(15-5-2)17-12(16-10)9-6-7-18-8(9)3/h6-7H,4-5H2,1-3H3,(H,15,16,17). The Morgan fingerprint density at radius 2 is 2.11 bits per heavy atom. The van der Waals surface area contributed by atoms with E-state index >= 15 is 0 Å². The van der Waals surface area contributed by atoms with E-state index < -0.39 is 0 Å². The smallest absolute Gasteiger partial charge is 0.165 e. The molecule has 0 aliphatic heterocycles. The first-order chi connectivity index (χ1) is 8.67. The van der Waals surface area contributed by atoms with Crippen LogP contribution in [0.2, 0.25) is 0 Å². The maximum atomic E-state index is 5.31. The normalized spacial score (nSPS) is 10.7. The van der Waals surface area contributed by atoms with Crippen LogP contribution < -0.4 is 5.32 Å². The molecule has 0 aromatic carbocycles. The number of rotatable bonds is 4. The van der Waals surface area contributed by atoms with Crippen molar-refractivity contribution in [3.8, 4) is 11.4 Å². The fourth-order valence-electron chi connectivity index (χ4n) is 1.75. The largest absolute Gasteiger partial charge is 0.469 e. The molecule has 0 spiro atoms. The number of nitrogens with zero attached hydrogens (tertiary/aromatic N) is 2. The first kappa shape index (κ1) is 13.1. The Kier molecular flexibility index (Phi) is 4.01. The fraction of sp³-hybridized carbons (Fsp3) is 0.385. The molecule has 0 aliphatic rings. The van der Waals surface area contributed by atoms with Gasteiger partial charge in [0.15, 0.2) is 5.82 Å². The van der Waals surface area contributed by atoms with E-state index in [1.807, 2.05) is 19.9 Å². The van der Waals surface area contributed by atoms with Crippen LogP contribution in [0.4, 0.5) is 5.82 Å². The monoisotopic (exact) mass is 309 g/mol. The molecule has 0 bridgehead atoms. The van der Waals surface area contributed by atoms with E-state index in [9.17, 15) is 0 Å². The van der Waals surface area contributed by atoms with Gasteiger partial charge in [-0.2, -0.15) is 0 Å². The fourth-order valence-corrected chi connectivity index (χ4v) is 2.35. The molecule has 4 nitrogen and oxygen atoms in total. The van der Waals surface area contributed by atoms with E-state index in [1.54, 1.807) is 6.26 Å². The van der Waals surface area contributed by atoms with Gasteiger partial charge in [0.05, 0.1) is 22.0 Å². The summed E-state index contributed by atoms with van der Waals surface area (Å²) in [5.41, 5.74) is 1.94. The lowest BCUT2D eigenvalue weighted by Crippen LogP contribution is -2.05.